The molecular weight excluding hydrogens is 200 g/mol. The second-order valence-corrected chi connectivity index (χ2v) is 4.27. The Morgan fingerprint density at radius 1 is 1.08 bits per heavy atom. The quantitative estimate of drug-likeness (QED) is 0.548. The Morgan fingerprint density at radius 2 is 1.58 bits per heavy atom. The van der Waals surface area contributed by atoms with Crippen molar-refractivity contribution in [2.24, 2.45) is 0 Å². The van der Waals surface area contributed by atoms with Crippen LogP contribution in [0.4, 0.5) is 0 Å². The Hall–Kier alpha value is 0.200. The highest BCUT2D eigenvalue weighted by atomic mass is 35.5. The molecular formula is C7H17ClO3S. The van der Waals surface area contributed by atoms with Gasteiger partial charge in [0, 0.05) is 0 Å². The predicted molar refractivity (Wildman–Crippen MR) is 52.4 cm³/mol. The summed E-state index contributed by atoms with van der Waals surface area (Å²) < 4.78 is 28.8. The third-order valence-electron chi connectivity index (χ3n) is 1.51. The summed E-state index contributed by atoms with van der Waals surface area (Å²) in [5.41, 5.74) is 0. The monoisotopic (exact) mass is 216 g/mol. The van der Waals surface area contributed by atoms with E-state index in [9.17, 15) is 8.42 Å². The Balaban J connectivity index is 0. The molecule has 76 valence electrons. The van der Waals surface area contributed by atoms with Crippen LogP contribution in [0.3, 0.4) is 0 Å². The van der Waals surface area contributed by atoms with Crippen LogP contribution in [0.5, 0.6) is 0 Å². The largest absolute Gasteiger partial charge is 0.286 e. The molecule has 0 heterocycles. The van der Waals surface area contributed by atoms with Gasteiger partial charge >= 0.3 is 0 Å². The fourth-order valence-electron chi connectivity index (χ4n) is 0.888. The Morgan fingerprint density at radius 3 is 2.00 bits per heavy atom. The van der Waals surface area contributed by atoms with Gasteiger partial charge in [-0.15, -0.1) is 12.4 Å². The molecule has 0 aromatic carbocycles. The van der Waals surface area contributed by atoms with E-state index in [0.717, 1.165) is 25.7 Å². The first-order chi connectivity index (χ1) is 5.06. The number of halogens is 1. The van der Waals surface area contributed by atoms with Gasteiger partial charge in [-0.05, 0) is 6.42 Å². The van der Waals surface area contributed by atoms with Crippen LogP contribution in [-0.2, 0) is 10.1 Å². The SMILES string of the molecule is CCCCCCCS(=O)(=O)O.Cl. The number of rotatable bonds is 6. The van der Waals surface area contributed by atoms with Gasteiger partial charge < -0.3 is 0 Å². The molecule has 1 N–H and O–H groups in total. The van der Waals surface area contributed by atoms with Crippen LogP contribution in [0.2, 0.25) is 0 Å². The second-order valence-electron chi connectivity index (χ2n) is 2.70. The summed E-state index contributed by atoms with van der Waals surface area (Å²) in [5.74, 6) is -0.0866. The molecule has 3 nitrogen and oxygen atoms in total. The van der Waals surface area contributed by atoms with Crippen molar-refractivity contribution >= 4 is 22.5 Å². The maximum atomic E-state index is 10.2. The van der Waals surface area contributed by atoms with E-state index in [1.807, 2.05) is 0 Å². The van der Waals surface area contributed by atoms with Crippen molar-refractivity contribution in [1.29, 1.82) is 0 Å². The van der Waals surface area contributed by atoms with Gasteiger partial charge in [-0.3, -0.25) is 4.55 Å². The van der Waals surface area contributed by atoms with Crippen LogP contribution in [0.1, 0.15) is 39.0 Å². The molecule has 12 heavy (non-hydrogen) atoms. The number of hydrogen-bond donors (Lipinski definition) is 1. The minimum Gasteiger partial charge on any atom is -0.286 e. The summed E-state index contributed by atoms with van der Waals surface area (Å²) in [5, 5.41) is 0. The maximum absolute atomic E-state index is 10.2. The Labute approximate surface area is 80.7 Å². The third-order valence-corrected chi connectivity index (χ3v) is 2.31. The van der Waals surface area contributed by atoms with Gasteiger partial charge in [0.15, 0.2) is 0 Å². The highest BCUT2D eigenvalue weighted by Crippen LogP contribution is 2.03. The molecule has 0 unspecified atom stereocenters. The number of hydrogen-bond acceptors (Lipinski definition) is 2. The lowest BCUT2D eigenvalue weighted by Gasteiger charge is -1.96. The topological polar surface area (TPSA) is 54.4 Å². The van der Waals surface area contributed by atoms with E-state index in [2.05, 4.69) is 6.92 Å². The van der Waals surface area contributed by atoms with E-state index in [0.29, 0.717) is 6.42 Å². The standard InChI is InChI=1S/C7H16O3S.ClH/c1-2-3-4-5-6-7-11(8,9)10;/h2-7H2,1H3,(H,8,9,10);1H. The molecule has 0 bridgehead atoms. The predicted octanol–water partition coefficient (Wildman–Crippen LogP) is 2.27. The van der Waals surface area contributed by atoms with Gasteiger partial charge in [0.05, 0.1) is 5.75 Å². The highest BCUT2D eigenvalue weighted by Gasteiger charge is 2.02. The first-order valence-electron chi connectivity index (χ1n) is 4.01. The van der Waals surface area contributed by atoms with Gasteiger partial charge in [0.1, 0.15) is 0 Å². The van der Waals surface area contributed by atoms with Crippen LogP contribution in [0.25, 0.3) is 0 Å². The molecule has 0 amide bonds. The van der Waals surface area contributed by atoms with Crippen LogP contribution >= 0.6 is 12.4 Å². The van der Waals surface area contributed by atoms with E-state index >= 15 is 0 Å². The third kappa shape index (κ3) is 12.8. The molecule has 0 aromatic rings. The Bertz CT molecular complexity index is 177. The molecule has 0 aliphatic heterocycles. The average Bonchev–Trinajstić information content (AvgIpc) is 1.85. The molecule has 0 aliphatic rings. The molecule has 0 radical (unpaired) electrons. The first-order valence-corrected chi connectivity index (χ1v) is 5.62. The molecule has 0 atom stereocenters. The molecule has 5 heteroatoms. The lowest BCUT2D eigenvalue weighted by atomic mass is 10.2. The van der Waals surface area contributed by atoms with Gasteiger partial charge in [0.25, 0.3) is 10.1 Å². The molecule has 0 saturated carbocycles. The van der Waals surface area contributed by atoms with Crippen molar-refractivity contribution in [3.63, 3.8) is 0 Å². The summed E-state index contributed by atoms with van der Waals surface area (Å²) in [6.07, 6.45) is 4.83. The summed E-state index contributed by atoms with van der Waals surface area (Å²) in [4.78, 5) is 0. The van der Waals surface area contributed by atoms with E-state index in [4.69, 9.17) is 4.55 Å². The second kappa shape index (κ2) is 7.83. The van der Waals surface area contributed by atoms with Crippen LogP contribution < -0.4 is 0 Å². The molecule has 0 aromatic heterocycles. The van der Waals surface area contributed by atoms with Crippen molar-refractivity contribution in [3.8, 4) is 0 Å². The van der Waals surface area contributed by atoms with Gasteiger partial charge in [-0.2, -0.15) is 8.42 Å². The minimum absolute atomic E-state index is 0. The molecule has 0 spiro atoms. The summed E-state index contributed by atoms with van der Waals surface area (Å²) in [6.45, 7) is 2.10. The summed E-state index contributed by atoms with van der Waals surface area (Å²) >= 11 is 0. The number of unbranched alkanes of at least 4 members (excludes halogenated alkanes) is 4. The van der Waals surface area contributed by atoms with E-state index < -0.39 is 10.1 Å². The lowest BCUT2D eigenvalue weighted by molar-refractivity contribution is 0.479. The van der Waals surface area contributed by atoms with E-state index in [-0.39, 0.29) is 18.2 Å². The zero-order valence-corrected chi connectivity index (χ0v) is 8.96. The van der Waals surface area contributed by atoms with Crippen molar-refractivity contribution in [2.45, 2.75) is 39.0 Å². The van der Waals surface area contributed by atoms with Gasteiger partial charge in [0.2, 0.25) is 0 Å². The van der Waals surface area contributed by atoms with E-state index in [1.165, 1.54) is 0 Å². The van der Waals surface area contributed by atoms with Gasteiger partial charge in [-0.1, -0.05) is 32.6 Å². The average molecular weight is 217 g/mol. The van der Waals surface area contributed by atoms with Crippen LogP contribution in [0.15, 0.2) is 0 Å². The lowest BCUT2D eigenvalue weighted by Crippen LogP contribution is -2.03. The summed E-state index contributed by atoms with van der Waals surface area (Å²) in [7, 11) is -3.71. The summed E-state index contributed by atoms with van der Waals surface area (Å²) in [6, 6.07) is 0. The fourth-order valence-corrected chi connectivity index (χ4v) is 1.46. The van der Waals surface area contributed by atoms with Crippen LogP contribution in [0, 0.1) is 0 Å². The molecule has 0 aliphatic carbocycles. The molecule has 0 fully saturated rings. The van der Waals surface area contributed by atoms with E-state index in [1.54, 1.807) is 0 Å². The zero-order valence-electron chi connectivity index (χ0n) is 7.32. The van der Waals surface area contributed by atoms with Crippen molar-refractivity contribution in [3.05, 3.63) is 0 Å². The van der Waals surface area contributed by atoms with Gasteiger partial charge in [-0.25, -0.2) is 0 Å². The maximum Gasteiger partial charge on any atom is 0.264 e. The Kier molecular flexibility index (Phi) is 9.60. The zero-order chi connectivity index (χ0) is 8.74. The van der Waals surface area contributed by atoms with Crippen molar-refractivity contribution in [1.82, 2.24) is 0 Å². The van der Waals surface area contributed by atoms with Crippen molar-refractivity contribution in [2.75, 3.05) is 5.75 Å². The highest BCUT2D eigenvalue weighted by molar-refractivity contribution is 7.85. The van der Waals surface area contributed by atoms with Crippen LogP contribution in [-0.4, -0.2) is 18.7 Å². The minimum atomic E-state index is -3.71. The van der Waals surface area contributed by atoms with Crippen molar-refractivity contribution < 1.29 is 13.0 Å². The normalized spacial score (nSPS) is 10.8. The smallest absolute Gasteiger partial charge is 0.264 e. The molecule has 0 saturated heterocycles. The fraction of sp³-hybridized carbons (Fsp3) is 1.00. The first kappa shape index (κ1) is 14.7. The molecule has 0 rings (SSSR count).